The molecule has 0 spiro atoms. The predicted molar refractivity (Wildman–Crippen MR) is 59.5 cm³/mol. The van der Waals surface area contributed by atoms with Crippen molar-refractivity contribution in [3.8, 4) is 5.75 Å². The molecule has 1 unspecified atom stereocenters. The van der Waals surface area contributed by atoms with Crippen LogP contribution in [0.15, 0.2) is 36.7 Å². The van der Waals surface area contributed by atoms with E-state index in [1.54, 1.807) is 6.07 Å². The van der Waals surface area contributed by atoms with Gasteiger partial charge in [0.2, 0.25) is 0 Å². The second-order valence-electron chi connectivity index (χ2n) is 3.68. The Bertz CT molecular complexity index is 422. The zero-order valence-electron chi connectivity index (χ0n) is 9.04. The molecule has 1 N–H and O–H groups in total. The first kappa shape index (κ1) is 11.4. The number of amides is 1. The van der Waals surface area contributed by atoms with Crippen LogP contribution in [-0.2, 0) is 6.42 Å². The van der Waals surface area contributed by atoms with Gasteiger partial charge in [0, 0.05) is 13.0 Å². The molecular weight excluding hydrogens is 225 g/mol. The van der Waals surface area contributed by atoms with E-state index in [9.17, 15) is 9.18 Å². The number of halogens is 1. The minimum absolute atomic E-state index is 0.0233. The fraction of sp³-hybridized carbons (Fsp3) is 0.250. The van der Waals surface area contributed by atoms with Crippen LogP contribution in [0.25, 0.3) is 0 Å². The van der Waals surface area contributed by atoms with E-state index < -0.39 is 12.3 Å². The van der Waals surface area contributed by atoms with Crippen molar-refractivity contribution in [3.05, 3.63) is 42.2 Å². The molecule has 1 aromatic rings. The van der Waals surface area contributed by atoms with Crippen molar-refractivity contribution in [2.75, 3.05) is 6.54 Å². The van der Waals surface area contributed by atoms with E-state index in [4.69, 9.17) is 9.84 Å². The highest BCUT2D eigenvalue weighted by molar-refractivity contribution is 5.65. The highest BCUT2D eigenvalue weighted by Crippen LogP contribution is 2.29. The number of hydrogen-bond donors (Lipinski definition) is 1. The summed E-state index contributed by atoms with van der Waals surface area (Å²) in [6, 6.07) is 7.38. The van der Waals surface area contributed by atoms with Crippen LogP contribution in [-0.4, -0.2) is 28.9 Å². The molecule has 17 heavy (non-hydrogen) atoms. The predicted octanol–water partition coefficient (Wildman–Crippen LogP) is 2.41. The molecular formula is C12H12FNO3. The Labute approximate surface area is 97.9 Å². The van der Waals surface area contributed by atoms with Gasteiger partial charge in [-0.25, -0.2) is 9.18 Å². The van der Waals surface area contributed by atoms with E-state index in [2.05, 4.69) is 0 Å². The molecule has 1 aliphatic heterocycles. The molecule has 1 aliphatic rings. The Balaban J connectivity index is 2.11. The molecule has 0 bridgehead atoms. The second kappa shape index (κ2) is 4.86. The lowest BCUT2D eigenvalue weighted by Crippen LogP contribution is -2.42. The summed E-state index contributed by atoms with van der Waals surface area (Å²) in [6.07, 6.45) is 0.253. The lowest BCUT2D eigenvalue weighted by atomic mass is 10.1. The Morgan fingerprint density at radius 1 is 1.59 bits per heavy atom. The van der Waals surface area contributed by atoms with Gasteiger partial charge in [-0.3, -0.25) is 4.90 Å². The van der Waals surface area contributed by atoms with Crippen molar-refractivity contribution in [1.29, 1.82) is 0 Å². The van der Waals surface area contributed by atoms with Crippen LogP contribution in [0.4, 0.5) is 9.18 Å². The van der Waals surface area contributed by atoms with Gasteiger partial charge < -0.3 is 9.84 Å². The first-order valence-electron chi connectivity index (χ1n) is 5.21. The Morgan fingerprint density at radius 2 is 2.35 bits per heavy atom. The number of nitrogens with zero attached hydrogens (tertiary/aromatic N) is 1. The summed E-state index contributed by atoms with van der Waals surface area (Å²) in [7, 11) is 0. The summed E-state index contributed by atoms with van der Waals surface area (Å²) in [5.41, 5.74) is 0.966. The SMILES string of the molecule is O=C(O)N(CC=CF)C1Cc2ccccc2O1. The summed E-state index contributed by atoms with van der Waals surface area (Å²) in [5.74, 6) is 0.688. The zero-order valence-corrected chi connectivity index (χ0v) is 9.04. The molecule has 0 aliphatic carbocycles. The molecule has 1 heterocycles. The molecule has 0 saturated heterocycles. The summed E-state index contributed by atoms with van der Waals surface area (Å²) >= 11 is 0. The maximum absolute atomic E-state index is 11.9. The van der Waals surface area contributed by atoms with Gasteiger partial charge in [-0.2, -0.15) is 0 Å². The van der Waals surface area contributed by atoms with Crippen LogP contribution >= 0.6 is 0 Å². The highest BCUT2D eigenvalue weighted by atomic mass is 19.1. The van der Waals surface area contributed by atoms with Gasteiger partial charge in [-0.15, -0.1) is 0 Å². The monoisotopic (exact) mass is 237 g/mol. The lowest BCUT2D eigenvalue weighted by molar-refractivity contribution is 0.0513. The third-order valence-electron chi connectivity index (χ3n) is 2.61. The highest BCUT2D eigenvalue weighted by Gasteiger charge is 2.30. The molecule has 1 aromatic carbocycles. The molecule has 5 heteroatoms. The van der Waals surface area contributed by atoms with Crippen molar-refractivity contribution in [2.45, 2.75) is 12.6 Å². The third kappa shape index (κ3) is 2.38. The van der Waals surface area contributed by atoms with E-state index in [-0.39, 0.29) is 6.54 Å². The van der Waals surface area contributed by atoms with Gasteiger partial charge in [0.15, 0.2) is 6.23 Å². The van der Waals surface area contributed by atoms with Gasteiger partial charge in [-0.1, -0.05) is 18.2 Å². The summed E-state index contributed by atoms with van der Waals surface area (Å²) in [4.78, 5) is 12.1. The zero-order chi connectivity index (χ0) is 12.3. The van der Waals surface area contributed by atoms with E-state index in [1.165, 1.54) is 0 Å². The minimum Gasteiger partial charge on any atom is -0.470 e. The quantitative estimate of drug-likeness (QED) is 0.878. The lowest BCUT2D eigenvalue weighted by Gasteiger charge is -2.23. The molecule has 0 fully saturated rings. The van der Waals surface area contributed by atoms with Gasteiger partial charge in [-0.05, 0) is 17.7 Å². The molecule has 90 valence electrons. The average Bonchev–Trinajstić information content (AvgIpc) is 2.72. The number of benzene rings is 1. The molecule has 0 saturated carbocycles. The fourth-order valence-corrected chi connectivity index (χ4v) is 1.81. The van der Waals surface area contributed by atoms with Gasteiger partial charge in [0.1, 0.15) is 5.75 Å². The number of fused-ring (bicyclic) bond motifs is 1. The van der Waals surface area contributed by atoms with E-state index >= 15 is 0 Å². The molecule has 1 amide bonds. The van der Waals surface area contributed by atoms with Gasteiger partial charge >= 0.3 is 6.09 Å². The van der Waals surface area contributed by atoms with Crippen LogP contribution in [0.1, 0.15) is 5.56 Å². The van der Waals surface area contributed by atoms with Crippen LogP contribution in [0, 0.1) is 0 Å². The topological polar surface area (TPSA) is 49.8 Å². The standard InChI is InChI=1S/C12H12FNO3/c13-6-3-7-14(12(15)16)11-8-9-4-1-2-5-10(9)17-11/h1-6,11H,7-8H2,(H,15,16). The number of hydrogen-bond acceptors (Lipinski definition) is 2. The number of ether oxygens (including phenoxy) is 1. The van der Waals surface area contributed by atoms with Crippen LogP contribution in [0.5, 0.6) is 5.75 Å². The molecule has 1 atom stereocenters. The summed E-state index contributed by atoms with van der Waals surface area (Å²) in [5, 5.41) is 9.03. The van der Waals surface area contributed by atoms with Crippen molar-refractivity contribution >= 4 is 6.09 Å². The number of carbonyl (C=O) groups is 1. The Morgan fingerprint density at radius 3 is 3.00 bits per heavy atom. The van der Waals surface area contributed by atoms with Crippen molar-refractivity contribution in [1.82, 2.24) is 4.90 Å². The molecule has 2 rings (SSSR count). The maximum atomic E-state index is 11.9. The van der Waals surface area contributed by atoms with E-state index in [1.807, 2.05) is 18.2 Å². The van der Waals surface area contributed by atoms with Crippen LogP contribution < -0.4 is 4.74 Å². The van der Waals surface area contributed by atoms with Crippen molar-refractivity contribution in [3.63, 3.8) is 0 Å². The largest absolute Gasteiger partial charge is 0.470 e. The Kier molecular flexibility index (Phi) is 3.27. The van der Waals surface area contributed by atoms with E-state index in [0.717, 1.165) is 16.5 Å². The Hall–Kier alpha value is -2.04. The van der Waals surface area contributed by atoms with Crippen molar-refractivity contribution in [2.24, 2.45) is 0 Å². The maximum Gasteiger partial charge on any atom is 0.410 e. The number of rotatable bonds is 3. The minimum atomic E-state index is -1.12. The second-order valence-corrected chi connectivity index (χ2v) is 3.68. The summed E-state index contributed by atoms with van der Waals surface area (Å²) in [6.45, 7) is -0.0233. The van der Waals surface area contributed by atoms with Crippen LogP contribution in [0.2, 0.25) is 0 Å². The molecule has 0 radical (unpaired) electrons. The van der Waals surface area contributed by atoms with E-state index in [0.29, 0.717) is 18.5 Å². The smallest absolute Gasteiger partial charge is 0.410 e. The van der Waals surface area contributed by atoms with Crippen LogP contribution in [0.3, 0.4) is 0 Å². The first-order valence-corrected chi connectivity index (χ1v) is 5.21. The first-order chi connectivity index (χ1) is 8.22. The molecule has 4 nitrogen and oxygen atoms in total. The third-order valence-corrected chi connectivity index (χ3v) is 2.61. The fourth-order valence-electron chi connectivity index (χ4n) is 1.81. The molecule has 0 aromatic heterocycles. The van der Waals surface area contributed by atoms with Crippen molar-refractivity contribution < 1.29 is 19.0 Å². The van der Waals surface area contributed by atoms with Gasteiger partial charge in [0.25, 0.3) is 0 Å². The normalized spacial score (nSPS) is 17.8. The number of para-hydroxylation sites is 1. The average molecular weight is 237 g/mol. The number of carboxylic acid groups (broad SMARTS) is 1. The van der Waals surface area contributed by atoms with Gasteiger partial charge in [0.05, 0.1) is 6.33 Å². The summed E-state index contributed by atoms with van der Waals surface area (Å²) < 4.78 is 17.4.